The third-order valence-electron chi connectivity index (χ3n) is 7.94. The zero-order valence-corrected chi connectivity index (χ0v) is 25.3. The molecule has 1 aliphatic heterocycles. The Morgan fingerprint density at radius 2 is 1.56 bits per heavy atom. The summed E-state index contributed by atoms with van der Waals surface area (Å²) in [7, 11) is 1.66. The number of aryl methyl sites for hydroxylation is 1. The molecule has 5 nitrogen and oxygen atoms in total. The van der Waals surface area contributed by atoms with E-state index in [2.05, 4.69) is 22.4 Å². The van der Waals surface area contributed by atoms with Crippen LogP contribution in [0.15, 0.2) is 71.5 Å². The summed E-state index contributed by atoms with van der Waals surface area (Å²) in [6.07, 6.45) is -1.68. The van der Waals surface area contributed by atoms with Gasteiger partial charge < -0.3 is 15.0 Å². The number of nitrogens with zero attached hydrogens (tertiary/aromatic N) is 1. The molecule has 0 radical (unpaired) electrons. The van der Waals surface area contributed by atoms with Crippen LogP contribution in [-0.4, -0.2) is 55.5 Å². The van der Waals surface area contributed by atoms with Gasteiger partial charge in [0.2, 0.25) is 5.56 Å². The summed E-state index contributed by atoms with van der Waals surface area (Å²) in [4.78, 5) is 17.4. The fraction of sp³-hybridized carbons (Fsp3) is 0.364. The van der Waals surface area contributed by atoms with Crippen molar-refractivity contribution in [1.29, 1.82) is 0 Å². The standard InChI is InChI=1S/C33H34Cl2F3N3O2/c1-43-16-2-3-23-17-24(31(21-4-8-25(34)9-5-21)22-6-10-26(35)11-7-22)18-28-29(19-30(42)40-32(23)28)39-27-12-14-41(15-13-27)20-33(36,37)38/h4-11,17-19,27,31H,2-3,12-16,20H2,1H3,(H2,39,40,42). The van der Waals surface area contributed by atoms with Crippen molar-refractivity contribution in [2.24, 2.45) is 0 Å². The third-order valence-corrected chi connectivity index (χ3v) is 8.44. The number of hydrogen-bond acceptors (Lipinski definition) is 4. The number of fused-ring (bicyclic) bond motifs is 1. The van der Waals surface area contributed by atoms with Crippen molar-refractivity contribution in [2.45, 2.75) is 43.8 Å². The molecule has 2 heterocycles. The Morgan fingerprint density at radius 3 is 2.12 bits per heavy atom. The summed E-state index contributed by atoms with van der Waals surface area (Å²) in [5.74, 6) is -0.148. The molecule has 43 heavy (non-hydrogen) atoms. The Kier molecular flexibility index (Phi) is 10.0. The largest absolute Gasteiger partial charge is 0.401 e. The topological polar surface area (TPSA) is 57.4 Å². The second kappa shape index (κ2) is 13.7. The molecule has 0 aliphatic carbocycles. The first-order valence-corrected chi connectivity index (χ1v) is 15.1. The maximum absolute atomic E-state index is 12.9. The molecule has 4 aromatic rings. The summed E-state index contributed by atoms with van der Waals surface area (Å²) in [5, 5.41) is 5.66. The van der Waals surface area contributed by atoms with Gasteiger partial charge in [-0.05, 0) is 78.3 Å². The van der Waals surface area contributed by atoms with Crippen molar-refractivity contribution in [3.05, 3.63) is 109 Å². The minimum absolute atomic E-state index is 0.0570. The molecule has 3 aromatic carbocycles. The highest BCUT2D eigenvalue weighted by Gasteiger charge is 2.32. The van der Waals surface area contributed by atoms with E-state index in [0.29, 0.717) is 54.7 Å². The lowest BCUT2D eigenvalue weighted by Gasteiger charge is -2.33. The molecule has 228 valence electrons. The van der Waals surface area contributed by atoms with Gasteiger partial charge in [-0.3, -0.25) is 9.69 Å². The van der Waals surface area contributed by atoms with E-state index in [1.165, 1.54) is 4.90 Å². The highest BCUT2D eigenvalue weighted by molar-refractivity contribution is 6.30. The van der Waals surface area contributed by atoms with E-state index in [1.54, 1.807) is 13.2 Å². The minimum atomic E-state index is -4.22. The molecule has 1 aliphatic rings. The zero-order chi connectivity index (χ0) is 30.6. The smallest absolute Gasteiger partial charge is 0.385 e. The van der Waals surface area contributed by atoms with E-state index in [1.807, 2.05) is 48.5 Å². The number of pyridine rings is 1. The molecule has 0 bridgehead atoms. The van der Waals surface area contributed by atoms with Crippen LogP contribution in [-0.2, 0) is 11.2 Å². The summed E-state index contributed by atoms with van der Waals surface area (Å²) >= 11 is 12.5. The zero-order valence-electron chi connectivity index (χ0n) is 23.8. The molecule has 0 unspecified atom stereocenters. The molecule has 1 aromatic heterocycles. The summed E-state index contributed by atoms with van der Waals surface area (Å²) < 4.78 is 44.1. The molecule has 0 atom stereocenters. The van der Waals surface area contributed by atoms with Gasteiger partial charge in [0.05, 0.1) is 12.1 Å². The first-order chi connectivity index (χ1) is 20.6. The van der Waals surface area contributed by atoms with E-state index in [-0.39, 0.29) is 17.5 Å². The number of hydrogen-bond donors (Lipinski definition) is 2. The molecule has 5 rings (SSSR count). The van der Waals surface area contributed by atoms with Gasteiger partial charge in [-0.2, -0.15) is 13.2 Å². The lowest BCUT2D eigenvalue weighted by atomic mass is 9.83. The maximum Gasteiger partial charge on any atom is 0.401 e. The first kappa shape index (κ1) is 31.4. The number of aromatic amines is 1. The van der Waals surface area contributed by atoms with Gasteiger partial charge >= 0.3 is 6.18 Å². The van der Waals surface area contributed by atoms with E-state index < -0.39 is 12.7 Å². The van der Waals surface area contributed by atoms with E-state index in [4.69, 9.17) is 27.9 Å². The van der Waals surface area contributed by atoms with Crippen molar-refractivity contribution in [2.75, 3.05) is 38.7 Å². The fourth-order valence-corrected chi connectivity index (χ4v) is 6.19. The number of nitrogens with one attached hydrogen (secondary N) is 2. The molecule has 0 spiro atoms. The number of rotatable bonds is 10. The Balaban J connectivity index is 1.58. The van der Waals surface area contributed by atoms with Gasteiger partial charge in [0, 0.05) is 66.0 Å². The summed E-state index contributed by atoms with van der Waals surface area (Å²) in [6, 6.07) is 21.3. The number of H-pyrrole nitrogens is 1. The fourth-order valence-electron chi connectivity index (χ4n) is 5.94. The number of methoxy groups -OCH3 is 1. The maximum atomic E-state index is 12.9. The van der Waals surface area contributed by atoms with Crippen LogP contribution in [0, 0.1) is 0 Å². The van der Waals surface area contributed by atoms with Crippen molar-refractivity contribution < 1.29 is 17.9 Å². The Bertz CT molecular complexity index is 1540. The average molecular weight is 633 g/mol. The van der Waals surface area contributed by atoms with Crippen LogP contribution in [0.25, 0.3) is 10.9 Å². The SMILES string of the molecule is COCCCc1cc(C(c2ccc(Cl)cc2)c2ccc(Cl)cc2)cc2c(NC3CCN(CC(F)(F)F)CC3)cc(=O)[nH]c12. The van der Waals surface area contributed by atoms with Gasteiger partial charge in [0.1, 0.15) is 0 Å². The van der Waals surface area contributed by atoms with E-state index >= 15 is 0 Å². The van der Waals surface area contributed by atoms with Crippen LogP contribution < -0.4 is 10.9 Å². The van der Waals surface area contributed by atoms with Gasteiger partial charge in [-0.15, -0.1) is 0 Å². The number of ether oxygens (including phenoxy) is 1. The third kappa shape index (κ3) is 8.12. The molecular formula is C33H34Cl2F3N3O2. The highest BCUT2D eigenvalue weighted by atomic mass is 35.5. The van der Waals surface area contributed by atoms with Crippen LogP contribution in [0.5, 0.6) is 0 Å². The van der Waals surface area contributed by atoms with Crippen LogP contribution in [0.3, 0.4) is 0 Å². The number of piperidine rings is 1. The van der Waals surface area contributed by atoms with Crippen molar-refractivity contribution in [3.8, 4) is 0 Å². The number of halogens is 5. The van der Waals surface area contributed by atoms with E-state index in [9.17, 15) is 18.0 Å². The Labute approximate surface area is 259 Å². The Hall–Kier alpha value is -3.04. The number of aromatic nitrogens is 1. The minimum Gasteiger partial charge on any atom is -0.385 e. The number of likely N-dealkylation sites (tertiary alicyclic amines) is 1. The highest BCUT2D eigenvalue weighted by Crippen LogP contribution is 2.37. The second-order valence-electron chi connectivity index (χ2n) is 11.1. The molecular weight excluding hydrogens is 598 g/mol. The average Bonchev–Trinajstić information content (AvgIpc) is 2.96. The predicted octanol–water partition coefficient (Wildman–Crippen LogP) is 8.03. The quantitative estimate of drug-likeness (QED) is 0.137. The van der Waals surface area contributed by atoms with Gasteiger partial charge in [-0.1, -0.05) is 53.5 Å². The molecule has 0 saturated carbocycles. The van der Waals surface area contributed by atoms with E-state index in [0.717, 1.165) is 39.6 Å². The monoisotopic (exact) mass is 631 g/mol. The molecule has 1 fully saturated rings. The summed E-state index contributed by atoms with van der Waals surface area (Å²) in [5.41, 5.74) is 5.29. The first-order valence-electron chi connectivity index (χ1n) is 14.3. The van der Waals surface area contributed by atoms with Crippen molar-refractivity contribution >= 4 is 39.8 Å². The van der Waals surface area contributed by atoms with Crippen molar-refractivity contribution in [1.82, 2.24) is 9.88 Å². The van der Waals surface area contributed by atoms with Crippen LogP contribution in [0.1, 0.15) is 47.4 Å². The Morgan fingerprint density at radius 1 is 0.953 bits per heavy atom. The van der Waals surface area contributed by atoms with Crippen molar-refractivity contribution in [3.63, 3.8) is 0 Å². The molecule has 1 saturated heterocycles. The van der Waals surface area contributed by atoms with Crippen LogP contribution >= 0.6 is 23.2 Å². The lowest BCUT2D eigenvalue weighted by Crippen LogP contribution is -2.43. The number of anilines is 1. The molecule has 0 amide bonds. The summed E-state index contributed by atoms with van der Waals surface area (Å²) in [6.45, 7) is 0.336. The van der Waals surface area contributed by atoms with Crippen LogP contribution in [0.2, 0.25) is 10.0 Å². The van der Waals surface area contributed by atoms with Gasteiger partial charge in [0.15, 0.2) is 0 Å². The lowest BCUT2D eigenvalue weighted by molar-refractivity contribution is -0.147. The number of alkyl halides is 3. The normalized spacial score (nSPS) is 15.0. The molecule has 2 N–H and O–H groups in total. The van der Waals surface area contributed by atoms with Crippen LogP contribution in [0.4, 0.5) is 18.9 Å². The predicted molar refractivity (Wildman–Crippen MR) is 168 cm³/mol. The number of benzene rings is 3. The van der Waals surface area contributed by atoms with Gasteiger partial charge in [-0.25, -0.2) is 0 Å². The second-order valence-corrected chi connectivity index (χ2v) is 12.0. The molecule has 10 heteroatoms. The van der Waals surface area contributed by atoms with Gasteiger partial charge in [0.25, 0.3) is 0 Å².